The number of fused-ring (bicyclic) bond motifs is 2. The first kappa shape index (κ1) is 15.8. The molecule has 6 heteroatoms. The second-order valence-electron chi connectivity index (χ2n) is 6.68. The summed E-state index contributed by atoms with van der Waals surface area (Å²) in [5.41, 5.74) is 2.16. The molecule has 24 heavy (non-hydrogen) atoms. The van der Waals surface area contributed by atoms with Crippen molar-refractivity contribution >= 4 is 17.2 Å². The zero-order chi connectivity index (χ0) is 16.4. The number of carbonyl (C=O) groups is 1. The van der Waals surface area contributed by atoms with Gasteiger partial charge in [0.2, 0.25) is 5.91 Å². The van der Waals surface area contributed by atoms with Crippen LogP contribution in [0.15, 0.2) is 23.7 Å². The Morgan fingerprint density at radius 1 is 1.42 bits per heavy atom. The third-order valence-corrected chi connectivity index (χ3v) is 6.18. The standard InChI is InChI=1S/C18H23N3O2S/c22-16(5-1-3-15-4-2-12-24-15)21-9-7-18(8-10-21)17-14(6-11-23-18)13-19-20-17/h2,4,12-13H,1,3,5-11H2,(H,19,20). The highest BCUT2D eigenvalue weighted by Gasteiger charge is 2.42. The van der Waals surface area contributed by atoms with Crippen LogP contribution in [-0.2, 0) is 28.0 Å². The van der Waals surface area contributed by atoms with E-state index in [1.54, 1.807) is 11.3 Å². The van der Waals surface area contributed by atoms with Crippen molar-refractivity contribution in [2.24, 2.45) is 0 Å². The smallest absolute Gasteiger partial charge is 0.222 e. The first-order chi connectivity index (χ1) is 11.8. The number of thiophene rings is 1. The number of piperidine rings is 1. The Hall–Kier alpha value is -1.66. The highest BCUT2D eigenvalue weighted by molar-refractivity contribution is 7.09. The molecule has 2 aromatic heterocycles. The molecule has 2 aliphatic rings. The fourth-order valence-corrected chi connectivity index (χ4v) is 4.61. The summed E-state index contributed by atoms with van der Waals surface area (Å²) in [6, 6.07) is 4.21. The summed E-state index contributed by atoms with van der Waals surface area (Å²) in [4.78, 5) is 15.8. The molecule has 0 aromatic carbocycles. The van der Waals surface area contributed by atoms with Gasteiger partial charge in [-0.05, 0) is 49.1 Å². The Labute approximate surface area is 146 Å². The van der Waals surface area contributed by atoms with Gasteiger partial charge in [0, 0.05) is 24.4 Å². The number of aromatic amines is 1. The normalized spacial score (nSPS) is 19.4. The van der Waals surface area contributed by atoms with Crippen LogP contribution < -0.4 is 0 Å². The molecular formula is C18H23N3O2S. The molecule has 2 aliphatic heterocycles. The Balaban J connectivity index is 1.31. The number of nitrogens with one attached hydrogen (secondary N) is 1. The van der Waals surface area contributed by atoms with Crippen LogP contribution in [0.3, 0.4) is 0 Å². The van der Waals surface area contributed by atoms with Crippen molar-refractivity contribution in [3.05, 3.63) is 39.8 Å². The highest BCUT2D eigenvalue weighted by Crippen LogP contribution is 2.40. The fraction of sp³-hybridized carbons (Fsp3) is 0.556. The molecule has 128 valence electrons. The van der Waals surface area contributed by atoms with Gasteiger partial charge in [-0.3, -0.25) is 9.89 Å². The molecule has 1 fully saturated rings. The van der Waals surface area contributed by atoms with Gasteiger partial charge in [0.05, 0.1) is 18.5 Å². The first-order valence-corrected chi connectivity index (χ1v) is 9.62. The minimum absolute atomic E-state index is 0.252. The lowest BCUT2D eigenvalue weighted by Crippen LogP contribution is -2.48. The second-order valence-corrected chi connectivity index (χ2v) is 7.71. The number of H-pyrrole nitrogens is 1. The Morgan fingerprint density at radius 3 is 3.08 bits per heavy atom. The van der Waals surface area contributed by atoms with Crippen LogP contribution in [-0.4, -0.2) is 40.7 Å². The lowest BCUT2D eigenvalue weighted by molar-refractivity contribution is -0.141. The predicted octanol–water partition coefficient (Wildman–Crippen LogP) is 2.88. The quantitative estimate of drug-likeness (QED) is 0.927. The van der Waals surface area contributed by atoms with Crippen molar-refractivity contribution in [2.45, 2.75) is 44.1 Å². The van der Waals surface area contributed by atoms with Gasteiger partial charge in [-0.25, -0.2) is 0 Å². The lowest BCUT2D eigenvalue weighted by Gasteiger charge is -2.43. The SMILES string of the molecule is O=C(CCCc1cccs1)N1CCC2(CC1)OCCc1cn[nH]c12. The highest BCUT2D eigenvalue weighted by atomic mass is 32.1. The van der Waals surface area contributed by atoms with Crippen molar-refractivity contribution in [1.29, 1.82) is 0 Å². The molecule has 1 saturated heterocycles. The molecule has 1 amide bonds. The van der Waals surface area contributed by atoms with E-state index >= 15 is 0 Å². The number of hydrogen-bond acceptors (Lipinski definition) is 4. The predicted molar refractivity (Wildman–Crippen MR) is 93.0 cm³/mol. The van der Waals surface area contributed by atoms with E-state index in [0.717, 1.165) is 57.5 Å². The maximum atomic E-state index is 12.5. The molecule has 0 atom stereocenters. The fourth-order valence-electron chi connectivity index (χ4n) is 3.86. The third-order valence-electron chi connectivity index (χ3n) is 5.24. The van der Waals surface area contributed by atoms with Crippen LogP contribution in [0.5, 0.6) is 0 Å². The first-order valence-electron chi connectivity index (χ1n) is 8.74. The van der Waals surface area contributed by atoms with Gasteiger partial charge < -0.3 is 9.64 Å². The summed E-state index contributed by atoms with van der Waals surface area (Å²) in [5.74, 6) is 0.280. The van der Waals surface area contributed by atoms with Crippen LogP contribution in [0.1, 0.15) is 41.8 Å². The van der Waals surface area contributed by atoms with Gasteiger partial charge in [-0.1, -0.05) is 6.07 Å². The summed E-state index contributed by atoms with van der Waals surface area (Å²) in [7, 11) is 0. The van der Waals surface area contributed by atoms with E-state index in [1.807, 2.05) is 11.1 Å². The Bertz CT molecular complexity index is 687. The van der Waals surface area contributed by atoms with Gasteiger partial charge >= 0.3 is 0 Å². The van der Waals surface area contributed by atoms with E-state index in [9.17, 15) is 4.79 Å². The average molecular weight is 345 g/mol. The molecule has 4 heterocycles. The Morgan fingerprint density at radius 2 is 2.29 bits per heavy atom. The van der Waals surface area contributed by atoms with E-state index in [-0.39, 0.29) is 11.5 Å². The number of rotatable bonds is 4. The van der Waals surface area contributed by atoms with Crippen molar-refractivity contribution in [1.82, 2.24) is 15.1 Å². The number of hydrogen-bond donors (Lipinski definition) is 1. The number of ether oxygens (including phenoxy) is 1. The van der Waals surface area contributed by atoms with E-state index in [2.05, 4.69) is 27.7 Å². The van der Waals surface area contributed by atoms with Crippen LogP contribution in [0, 0.1) is 0 Å². The van der Waals surface area contributed by atoms with Crippen molar-refractivity contribution < 1.29 is 9.53 Å². The number of amides is 1. The molecule has 2 aromatic rings. The van der Waals surface area contributed by atoms with Crippen LogP contribution in [0.4, 0.5) is 0 Å². The molecule has 0 saturated carbocycles. The number of likely N-dealkylation sites (tertiary alicyclic amines) is 1. The third kappa shape index (κ3) is 3.00. The van der Waals surface area contributed by atoms with Crippen LogP contribution in [0.2, 0.25) is 0 Å². The maximum Gasteiger partial charge on any atom is 0.222 e. The molecule has 0 aliphatic carbocycles. The average Bonchev–Trinajstić information content (AvgIpc) is 3.27. The number of carbonyl (C=O) groups excluding carboxylic acids is 1. The zero-order valence-electron chi connectivity index (χ0n) is 13.8. The molecule has 1 spiro atoms. The molecule has 0 radical (unpaired) electrons. The number of aromatic nitrogens is 2. The van der Waals surface area contributed by atoms with Crippen LogP contribution >= 0.6 is 11.3 Å². The molecule has 5 nitrogen and oxygen atoms in total. The number of aryl methyl sites for hydroxylation is 1. The van der Waals surface area contributed by atoms with E-state index in [0.29, 0.717) is 6.42 Å². The Kier molecular flexibility index (Phi) is 4.41. The van der Waals surface area contributed by atoms with E-state index in [4.69, 9.17) is 4.74 Å². The molecule has 0 unspecified atom stereocenters. The summed E-state index contributed by atoms with van der Waals surface area (Å²) >= 11 is 1.77. The summed E-state index contributed by atoms with van der Waals surface area (Å²) in [6.07, 6.45) is 7.14. The van der Waals surface area contributed by atoms with Gasteiger partial charge in [0.25, 0.3) is 0 Å². The monoisotopic (exact) mass is 345 g/mol. The van der Waals surface area contributed by atoms with Crippen molar-refractivity contribution in [3.63, 3.8) is 0 Å². The van der Waals surface area contributed by atoms with Crippen molar-refractivity contribution in [3.8, 4) is 0 Å². The molecular weight excluding hydrogens is 322 g/mol. The molecule has 4 rings (SSSR count). The zero-order valence-corrected chi connectivity index (χ0v) is 14.6. The van der Waals surface area contributed by atoms with Gasteiger partial charge in [-0.2, -0.15) is 5.10 Å². The summed E-state index contributed by atoms with van der Waals surface area (Å²) < 4.78 is 6.14. The van der Waals surface area contributed by atoms with Gasteiger partial charge in [0.1, 0.15) is 5.60 Å². The van der Waals surface area contributed by atoms with Gasteiger partial charge in [0.15, 0.2) is 0 Å². The van der Waals surface area contributed by atoms with Crippen molar-refractivity contribution in [2.75, 3.05) is 19.7 Å². The minimum atomic E-state index is -0.252. The molecule has 0 bridgehead atoms. The topological polar surface area (TPSA) is 58.2 Å². The van der Waals surface area contributed by atoms with E-state index in [1.165, 1.54) is 10.4 Å². The largest absolute Gasteiger partial charge is 0.368 e. The lowest BCUT2D eigenvalue weighted by atomic mass is 9.83. The maximum absolute atomic E-state index is 12.5. The second kappa shape index (κ2) is 6.69. The summed E-state index contributed by atoms with van der Waals surface area (Å²) in [5, 5.41) is 9.42. The van der Waals surface area contributed by atoms with E-state index < -0.39 is 0 Å². The number of nitrogens with zero attached hydrogens (tertiary/aromatic N) is 2. The summed E-state index contributed by atoms with van der Waals surface area (Å²) in [6.45, 7) is 2.30. The van der Waals surface area contributed by atoms with Gasteiger partial charge in [-0.15, -0.1) is 11.3 Å². The minimum Gasteiger partial charge on any atom is -0.368 e. The van der Waals surface area contributed by atoms with Crippen LogP contribution in [0.25, 0.3) is 0 Å². The molecule has 1 N–H and O–H groups in total.